The monoisotopic (exact) mass is 201 g/mol. The van der Waals surface area contributed by atoms with Crippen LogP contribution in [0.4, 0.5) is 0 Å². The fraction of sp³-hybridized carbons (Fsp3) is 0.800. The van der Waals surface area contributed by atoms with Crippen LogP contribution in [0.3, 0.4) is 0 Å². The molecule has 1 heterocycles. The molecule has 1 fully saturated rings. The summed E-state index contributed by atoms with van der Waals surface area (Å²) >= 11 is 0. The number of epoxide rings is 1. The molecule has 0 aromatic carbocycles. The van der Waals surface area contributed by atoms with Gasteiger partial charge in [0.05, 0.1) is 6.61 Å². The highest BCUT2D eigenvalue weighted by atomic mass is 31.0. The van der Waals surface area contributed by atoms with E-state index in [0.29, 0.717) is 12.0 Å². The van der Waals surface area contributed by atoms with Gasteiger partial charge < -0.3 is 4.74 Å². The first-order chi connectivity index (χ1) is 5.99. The third-order valence-electron chi connectivity index (χ3n) is 2.59. The van der Waals surface area contributed by atoms with E-state index in [0.717, 1.165) is 13.0 Å². The summed E-state index contributed by atoms with van der Waals surface area (Å²) in [5.74, 6) is 0.678. The van der Waals surface area contributed by atoms with Crippen molar-refractivity contribution in [2.45, 2.75) is 38.8 Å². The zero-order chi connectivity index (χ0) is 10.1. The van der Waals surface area contributed by atoms with Crippen molar-refractivity contribution in [3.63, 3.8) is 0 Å². The van der Waals surface area contributed by atoms with Crippen LogP contribution in [0.25, 0.3) is 0 Å². The molecule has 0 amide bonds. The Kier molecular flexibility index (Phi) is 3.50. The van der Waals surface area contributed by atoms with Gasteiger partial charge in [0.2, 0.25) is 0 Å². The van der Waals surface area contributed by atoms with E-state index < -0.39 is 0 Å². The smallest absolute Gasteiger partial charge is 0.111 e. The van der Waals surface area contributed by atoms with Crippen LogP contribution in [0, 0.1) is 5.92 Å². The molecule has 1 rings (SSSR count). The van der Waals surface area contributed by atoms with Crippen LogP contribution in [0.15, 0.2) is 12.2 Å². The van der Waals surface area contributed by atoms with Crippen molar-refractivity contribution in [1.82, 2.24) is 5.09 Å². The number of hydrogen-bond donors (Lipinski definition) is 1. The highest BCUT2D eigenvalue weighted by Crippen LogP contribution is 2.36. The first-order valence-electron chi connectivity index (χ1n) is 4.79. The summed E-state index contributed by atoms with van der Waals surface area (Å²) < 4.78 is 5.37. The minimum absolute atomic E-state index is 0.0525. The minimum atomic E-state index is -0.0525. The summed E-state index contributed by atoms with van der Waals surface area (Å²) in [5, 5.41) is 3.22. The molecule has 0 radical (unpaired) electrons. The lowest BCUT2D eigenvalue weighted by atomic mass is 9.91. The van der Waals surface area contributed by atoms with Gasteiger partial charge in [0.25, 0.3) is 0 Å². The Morgan fingerprint density at radius 3 is 2.54 bits per heavy atom. The van der Waals surface area contributed by atoms with Gasteiger partial charge in [-0.1, -0.05) is 29.8 Å². The summed E-state index contributed by atoms with van der Waals surface area (Å²) in [7, 11) is 2.57. The number of hydrogen-bond acceptors (Lipinski definition) is 2. The molecule has 3 atom stereocenters. The zero-order valence-corrected chi connectivity index (χ0v) is 9.92. The fourth-order valence-electron chi connectivity index (χ4n) is 1.44. The quantitative estimate of drug-likeness (QED) is 0.418. The average molecular weight is 201 g/mol. The Balaban J connectivity index is 2.51. The van der Waals surface area contributed by atoms with Gasteiger partial charge in [-0.15, -0.1) is 0 Å². The van der Waals surface area contributed by atoms with Crippen molar-refractivity contribution in [2.75, 3.05) is 6.61 Å². The molecule has 0 bridgehead atoms. The molecule has 1 aliphatic rings. The molecule has 1 aliphatic heterocycles. The Bertz CT molecular complexity index is 199. The van der Waals surface area contributed by atoms with Crippen molar-refractivity contribution in [1.29, 1.82) is 0 Å². The maximum Gasteiger partial charge on any atom is 0.111 e. The molecule has 0 aromatic rings. The van der Waals surface area contributed by atoms with Gasteiger partial charge in [-0.05, 0) is 24.8 Å². The first-order valence-corrected chi connectivity index (χ1v) is 5.36. The second-order valence-electron chi connectivity index (χ2n) is 4.39. The molecule has 2 nitrogen and oxygen atoms in total. The van der Waals surface area contributed by atoms with Gasteiger partial charge in [0, 0.05) is 6.04 Å². The lowest BCUT2D eigenvalue weighted by Crippen LogP contribution is -2.31. The van der Waals surface area contributed by atoms with Crippen molar-refractivity contribution in [2.24, 2.45) is 5.92 Å². The molecule has 0 spiro atoms. The van der Waals surface area contributed by atoms with E-state index in [9.17, 15) is 0 Å². The molecule has 3 heteroatoms. The summed E-state index contributed by atoms with van der Waals surface area (Å²) in [6.07, 6.45) is 1.11. The SMILES string of the molecule is C=C(C(CC(C)C)NP)C1(C)CO1. The van der Waals surface area contributed by atoms with Crippen molar-refractivity contribution >= 4 is 9.39 Å². The number of nitrogens with one attached hydrogen (secondary N) is 1. The highest BCUT2D eigenvalue weighted by molar-refractivity contribution is 7.13. The minimum Gasteiger partial charge on any atom is -0.365 e. The van der Waals surface area contributed by atoms with Crippen molar-refractivity contribution in [3.05, 3.63) is 12.2 Å². The van der Waals surface area contributed by atoms with Crippen LogP contribution in [0.5, 0.6) is 0 Å². The Morgan fingerprint density at radius 1 is 1.69 bits per heavy atom. The van der Waals surface area contributed by atoms with Crippen LogP contribution >= 0.6 is 9.39 Å². The average Bonchev–Trinajstić information content (AvgIpc) is 2.79. The topological polar surface area (TPSA) is 24.6 Å². The van der Waals surface area contributed by atoms with E-state index in [1.54, 1.807) is 0 Å². The third kappa shape index (κ3) is 2.77. The fourth-order valence-corrected chi connectivity index (χ4v) is 1.78. The van der Waals surface area contributed by atoms with Crippen molar-refractivity contribution < 1.29 is 4.74 Å². The molecule has 3 unspecified atom stereocenters. The van der Waals surface area contributed by atoms with Crippen LogP contribution in [0.2, 0.25) is 0 Å². The highest BCUT2D eigenvalue weighted by Gasteiger charge is 2.44. The largest absolute Gasteiger partial charge is 0.365 e. The molecular formula is C10H20NOP. The molecule has 13 heavy (non-hydrogen) atoms. The van der Waals surface area contributed by atoms with Gasteiger partial charge in [0.1, 0.15) is 5.60 Å². The van der Waals surface area contributed by atoms with E-state index in [1.807, 2.05) is 0 Å². The Morgan fingerprint density at radius 2 is 2.23 bits per heavy atom. The summed E-state index contributed by atoms with van der Waals surface area (Å²) in [5.41, 5.74) is 1.12. The molecular weight excluding hydrogens is 181 g/mol. The van der Waals surface area contributed by atoms with Crippen LogP contribution in [0.1, 0.15) is 27.2 Å². The number of rotatable bonds is 5. The van der Waals surface area contributed by atoms with E-state index in [1.165, 1.54) is 5.57 Å². The van der Waals surface area contributed by atoms with Crippen LogP contribution < -0.4 is 5.09 Å². The predicted molar refractivity (Wildman–Crippen MR) is 59.6 cm³/mol. The Hall–Kier alpha value is 0.0900. The van der Waals surface area contributed by atoms with Gasteiger partial charge in [-0.2, -0.15) is 0 Å². The van der Waals surface area contributed by atoms with Crippen LogP contribution in [-0.4, -0.2) is 18.2 Å². The Labute approximate surface area is 83.4 Å². The standard InChI is InChI=1S/C10H20NOP/c1-7(2)5-9(11-13)8(3)10(4)6-12-10/h7,9,11H,3,5-6,13H2,1-2,4H3. The molecule has 1 N–H and O–H groups in total. The maximum absolute atomic E-state index is 5.37. The third-order valence-corrected chi connectivity index (χ3v) is 2.99. The lowest BCUT2D eigenvalue weighted by Gasteiger charge is -2.23. The number of ether oxygens (including phenoxy) is 1. The van der Waals surface area contributed by atoms with E-state index in [2.05, 4.69) is 41.8 Å². The lowest BCUT2D eigenvalue weighted by molar-refractivity contribution is 0.339. The molecule has 0 aliphatic carbocycles. The first kappa shape index (κ1) is 11.2. The van der Waals surface area contributed by atoms with Gasteiger partial charge in [-0.3, -0.25) is 5.09 Å². The van der Waals surface area contributed by atoms with E-state index >= 15 is 0 Å². The summed E-state index contributed by atoms with van der Waals surface area (Å²) in [6.45, 7) is 11.5. The zero-order valence-electron chi connectivity index (χ0n) is 8.76. The molecule has 0 saturated carbocycles. The second kappa shape index (κ2) is 4.08. The van der Waals surface area contributed by atoms with Gasteiger partial charge in [-0.25, -0.2) is 0 Å². The maximum atomic E-state index is 5.37. The normalized spacial score (nSPS) is 29.0. The predicted octanol–water partition coefficient (Wildman–Crippen LogP) is 2.13. The second-order valence-corrected chi connectivity index (χ2v) is 4.73. The van der Waals surface area contributed by atoms with E-state index in [-0.39, 0.29) is 5.60 Å². The molecule has 1 saturated heterocycles. The van der Waals surface area contributed by atoms with Crippen LogP contribution in [-0.2, 0) is 4.74 Å². The van der Waals surface area contributed by atoms with Gasteiger partial charge >= 0.3 is 0 Å². The van der Waals surface area contributed by atoms with E-state index in [4.69, 9.17) is 4.74 Å². The summed E-state index contributed by atoms with van der Waals surface area (Å²) in [6, 6.07) is 0.359. The molecule has 76 valence electrons. The van der Waals surface area contributed by atoms with Crippen molar-refractivity contribution in [3.8, 4) is 0 Å². The summed E-state index contributed by atoms with van der Waals surface area (Å²) in [4.78, 5) is 0. The van der Waals surface area contributed by atoms with Gasteiger partial charge in [0.15, 0.2) is 0 Å². The molecule has 0 aromatic heterocycles.